The van der Waals surface area contributed by atoms with Gasteiger partial charge in [0.25, 0.3) is 0 Å². The molecule has 1 N–H and O–H groups in total. The van der Waals surface area contributed by atoms with Gasteiger partial charge in [-0.05, 0) is 31.0 Å². The molecule has 2 aromatic heterocycles. The Hall–Kier alpha value is -2.05. The molecule has 1 amide bonds. The molecule has 0 saturated heterocycles. The quantitative estimate of drug-likeness (QED) is 0.725. The smallest absolute Gasteiger partial charge is 0.237 e. The number of carbonyl (C=O) groups is 1. The first-order chi connectivity index (χ1) is 11.6. The molecule has 0 fully saturated rings. The number of halogens is 1. The highest BCUT2D eigenvalue weighted by molar-refractivity contribution is 7.99. The summed E-state index contributed by atoms with van der Waals surface area (Å²) >= 11 is 7.31. The van der Waals surface area contributed by atoms with Crippen molar-refractivity contribution in [3.63, 3.8) is 0 Å². The number of benzene rings is 1. The maximum absolute atomic E-state index is 12.7. The van der Waals surface area contributed by atoms with Crippen LogP contribution in [-0.4, -0.2) is 32.7 Å². The molecule has 5 nitrogen and oxygen atoms in total. The van der Waals surface area contributed by atoms with Crippen LogP contribution in [0.3, 0.4) is 0 Å². The van der Waals surface area contributed by atoms with Crippen LogP contribution in [0.15, 0.2) is 41.7 Å². The van der Waals surface area contributed by atoms with Gasteiger partial charge in [0.15, 0.2) is 10.8 Å². The molecule has 1 atom stereocenters. The van der Waals surface area contributed by atoms with Gasteiger partial charge in [-0.25, -0.2) is 9.97 Å². The van der Waals surface area contributed by atoms with Crippen LogP contribution >= 0.6 is 23.4 Å². The Labute approximate surface area is 148 Å². The third-order valence-electron chi connectivity index (χ3n) is 4.09. The van der Waals surface area contributed by atoms with E-state index in [-0.39, 0.29) is 11.9 Å². The van der Waals surface area contributed by atoms with E-state index >= 15 is 0 Å². The van der Waals surface area contributed by atoms with Crippen molar-refractivity contribution < 1.29 is 4.79 Å². The largest absolute Gasteiger partial charge is 0.331 e. The van der Waals surface area contributed by atoms with Crippen LogP contribution < -0.4 is 4.90 Å². The van der Waals surface area contributed by atoms with Crippen molar-refractivity contribution >= 4 is 46.1 Å². The van der Waals surface area contributed by atoms with Gasteiger partial charge >= 0.3 is 0 Å². The Morgan fingerprint density at radius 2 is 2.29 bits per heavy atom. The fourth-order valence-electron chi connectivity index (χ4n) is 3.07. The van der Waals surface area contributed by atoms with Crippen molar-refractivity contribution in [2.45, 2.75) is 24.5 Å². The Bertz CT molecular complexity index is 926. The summed E-state index contributed by atoms with van der Waals surface area (Å²) in [4.78, 5) is 26.3. The second kappa shape index (κ2) is 6.11. The molecule has 3 heterocycles. The number of hydrogen-bond acceptors (Lipinski definition) is 4. The molecule has 0 spiro atoms. The molecule has 122 valence electrons. The lowest BCUT2D eigenvalue weighted by Gasteiger charge is -2.22. The monoisotopic (exact) mass is 358 g/mol. The number of imidazole rings is 1. The van der Waals surface area contributed by atoms with Crippen LogP contribution in [0.25, 0.3) is 11.2 Å². The molecular formula is C17H15ClN4OS. The highest BCUT2D eigenvalue weighted by Crippen LogP contribution is 2.32. The molecule has 0 unspecified atom stereocenters. The van der Waals surface area contributed by atoms with E-state index in [0.29, 0.717) is 21.6 Å². The fourth-order valence-corrected chi connectivity index (χ4v) is 3.96. The molecule has 1 aromatic carbocycles. The second-order valence-electron chi connectivity index (χ2n) is 5.80. The van der Waals surface area contributed by atoms with Crippen molar-refractivity contribution in [3.8, 4) is 0 Å². The number of rotatable bonds is 3. The van der Waals surface area contributed by atoms with Crippen molar-refractivity contribution in [2.75, 3.05) is 10.7 Å². The third-order valence-corrected chi connectivity index (χ3v) is 5.16. The zero-order valence-electron chi connectivity index (χ0n) is 13.0. The van der Waals surface area contributed by atoms with E-state index in [0.717, 1.165) is 17.6 Å². The number of pyridine rings is 1. The van der Waals surface area contributed by atoms with Crippen molar-refractivity contribution in [3.05, 3.63) is 47.1 Å². The predicted octanol–water partition coefficient (Wildman–Crippen LogP) is 3.68. The van der Waals surface area contributed by atoms with E-state index in [1.54, 1.807) is 12.3 Å². The molecule has 1 aliphatic heterocycles. The topological polar surface area (TPSA) is 61.9 Å². The highest BCUT2D eigenvalue weighted by Gasteiger charge is 2.30. The van der Waals surface area contributed by atoms with E-state index < -0.39 is 0 Å². The number of nitrogens with one attached hydrogen (secondary N) is 1. The van der Waals surface area contributed by atoms with E-state index in [4.69, 9.17) is 11.6 Å². The van der Waals surface area contributed by atoms with E-state index in [1.807, 2.05) is 23.1 Å². The SMILES string of the molecule is C[C@H]1Cc2ccccc2N1C(=O)CSc1nc2ncc(Cl)cc2[nH]1. The Morgan fingerprint density at radius 3 is 3.17 bits per heavy atom. The number of nitrogens with zero attached hydrogens (tertiary/aromatic N) is 3. The van der Waals surface area contributed by atoms with Gasteiger partial charge in [-0.3, -0.25) is 4.79 Å². The first-order valence-corrected chi connectivity index (χ1v) is 9.02. The molecule has 24 heavy (non-hydrogen) atoms. The number of fused-ring (bicyclic) bond motifs is 2. The predicted molar refractivity (Wildman–Crippen MR) is 96.7 cm³/mol. The van der Waals surface area contributed by atoms with Gasteiger partial charge in [-0.2, -0.15) is 0 Å². The molecule has 1 aliphatic rings. The lowest BCUT2D eigenvalue weighted by molar-refractivity contribution is -0.116. The van der Waals surface area contributed by atoms with Gasteiger partial charge in [0.1, 0.15) is 0 Å². The number of thioether (sulfide) groups is 1. The van der Waals surface area contributed by atoms with E-state index in [9.17, 15) is 4.79 Å². The molecule has 3 aromatic rings. The van der Waals surface area contributed by atoms with Gasteiger partial charge in [-0.1, -0.05) is 41.6 Å². The van der Waals surface area contributed by atoms with Crippen molar-refractivity contribution in [1.29, 1.82) is 0 Å². The number of hydrogen-bond donors (Lipinski definition) is 1. The maximum atomic E-state index is 12.7. The van der Waals surface area contributed by atoms with Gasteiger partial charge < -0.3 is 9.88 Å². The summed E-state index contributed by atoms with van der Waals surface area (Å²) in [6, 6.07) is 10.0. The maximum Gasteiger partial charge on any atom is 0.237 e. The van der Waals surface area contributed by atoms with Crippen LogP contribution in [0.2, 0.25) is 5.02 Å². The lowest BCUT2D eigenvalue weighted by Crippen LogP contribution is -2.36. The number of anilines is 1. The molecule has 0 aliphatic carbocycles. The minimum absolute atomic E-state index is 0.0869. The summed E-state index contributed by atoms with van der Waals surface area (Å²) < 4.78 is 0. The van der Waals surface area contributed by atoms with Gasteiger partial charge in [0, 0.05) is 17.9 Å². The van der Waals surface area contributed by atoms with Crippen LogP contribution in [0.5, 0.6) is 0 Å². The van der Waals surface area contributed by atoms with E-state index in [1.165, 1.54) is 17.3 Å². The Morgan fingerprint density at radius 1 is 1.46 bits per heavy atom. The molecule has 0 bridgehead atoms. The molecule has 4 rings (SSSR count). The highest BCUT2D eigenvalue weighted by atomic mass is 35.5. The Kier molecular flexibility index (Phi) is 3.94. The number of amides is 1. The average Bonchev–Trinajstić information content (AvgIpc) is 3.11. The van der Waals surface area contributed by atoms with Gasteiger partial charge in [-0.15, -0.1) is 0 Å². The summed E-state index contributed by atoms with van der Waals surface area (Å²) in [6.45, 7) is 2.08. The van der Waals surface area contributed by atoms with Crippen molar-refractivity contribution in [2.24, 2.45) is 0 Å². The van der Waals surface area contributed by atoms with Crippen LogP contribution in [0.4, 0.5) is 5.69 Å². The fraction of sp³-hybridized carbons (Fsp3) is 0.235. The second-order valence-corrected chi connectivity index (χ2v) is 7.20. The molecule has 7 heteroatoms. The van der Waals surface area contributed by atoms with Gasteiger partial charge in [0.05, 0.1) is 16.3 Å². The number of para-hydroxylation sites is 1. The first kappa shape index (κ1) is 15.5. The summed E-state index contributed by atoms with van der Waals surface area (Å²) in [5.41, 5.74) is 3.63. The first-order valence-electron chi connectivity index (χ1n) is 7.66. The molecule has 0 saturated carbocycles. The summed E-state index contributed by atoms with van der Waals surface area (Å²) in [5, 5.41) is 1.23. The average molecular weight is 359 g/mol. The molecular weight excluding hydrogens is 344 g/mol. The number of carbonyl (C=O) groups excluding carboxylic acids is 1. The lowest BCUT2D eigenvalue weighted by atomic mass is 10.1. The van der Waals surface area contributed by atoms with E-state index in [2.05, 4.69) is 27.9 Å². The minimum atomic E-state index is 0.0869. The number of H-pyrrole nitrogens is 1. The normalized spacial score (nSPS) is 16.6. The summed E-state index contributed by atoms with van der Waals surface area (Å²) in [5.74, 6) is 0.413. The summed E-state index contributed by atoms with van der Waals surface area (Å²) in [7, 11) is 0. The van der Waals surface area contributed by atoms with Gasteiger partial charge in [0.2, 0.25) is 5.91 Å². The number of aromatic amines is 1. The zero-order chi connectivity index (χ0) is 16.7. The third kappa shape index (κ3) is 2.76. The van der Waals surface area contributed by atoms with Crippen LogP contribution in [0, 0.1) is 0 Å². The Balaban J connectivity index is 1.50. The minimum Gasteiger partial charge on any atom is -0.331 e. The summed E-state index contributed by atoms with van der Waals surface area (Å²) in [6.07, 6.45) is 2.47. The van der Waals surface area contributed by atoms with Crippen molar-refractivity contribution in [1.82, 2.24) is 15.0 Å². The van der Waals surface area contributed by atoms with Crippen LogP contribution in [0.1, 0.15) is 12.5 Å². The number of aromatic nitrogens is 3. The van der Waals surface area contributed by atoms with Crippen LogP contribution in [-0.2, 0) is 11.2 Å². The zero-order valence-corrected chi connectivity index (χ0v) is 14.6. The standard InChI is InChI=1S/C17H15ClN4OS/c1-10-6-11-4-2-3-5-14(11)22(10)15(23)9-24-17-20-13-7-12(18)8-19-16(13)21-17/h2-5,7-8,10H,6,9H2,1H3,(H,19,20,21)/t10-/m0/s1. The molecule has 0 radical (unpaired) electrons.